The lowest BCUT2D eigenvalue weighted by Gasteiger charge is -2.01. The van der Waals surface area contributed by atoms with Gasteiger partial charge in [0.15, 0.2) is 0 Å². The van der Waals surface area contributed by atoms with E-state index in [1.54, 1.807) is 0 Å². The number of halogens is 2. The Bertz CT molecular complexity index is 370. The third-order valence-electron chi connectivity index (χ3n) is 1.61. The molecule has 4 heteroatoms. The van der Waals surface area contributed by atoms with Crippen LogP contribution in [0, 0.1) is 23.5 Å². The molecule has 0 spiro atoms. The first-order valence-corrected chi connectivity index (χ1v) is 4.50. The molecule has 14 heavy (non-hydrogen) atoms. The van der Waals surface area contributed by atoms with Crippen molar-refractivity contribution in [2.75, 3.05) is 5.75 Å². The summed E-state index contributed by atoms with van der Waals surface area (Å²) in [5.74, 6) is 3.88. The molecule has 0 aliphatic heterocycles. The Morgan fingerprint density at radius 1 is 1.29 bits per heavy atom. The van der Waals surface area contributed by atoms with E-state index in [0.29, 0.717) is 5.75 Å². The van der Waals surface area contributed by atoms with E-state index < -0.39 is 18.2 Å². The van der Waals surface area contributed by atoms with Crippen molar-refractivity contribution in [3.05, 3.63) is 34.9 Å². The summed E-state index contributed by atoms with van der Waals surface area (Å²) < 4.78 is 26.1. The minimum Gasteiger partial charge on any atom is -0.391 e. The van der Waals surface area contributed by atoms with Gasteiger partial charge >= 0.3 is 0 Å². The molecule has 0 aromatic heterocycles. The number of hydrogen-bond donors (Lipinski definition) is 2. The number of rotatable bonds is 1. The zero-order chi connectivity index (χ0) is 10.6. The maximum Gasteiger partial charge on any atom is 0.132 e. The van der Waals surface area contributed by atoms with Crippen molar-refractivity contribution in [3.63, 3.8) is 0 Å². The zero-order valence-electron chi connectivity index (χ0n) is 7.22. The summed E-state index contributed by atoms with van der Waals surface area (Å²) in [6, 6.07) is 2.18. The number of aliphatic hydroxyl groups excluding tert-OH is 1. The number of hydrogen-bond acceptors (Lipinski definition) is 2. The van der Waals surface area contributed by atoms with Gasteiger partial charge in [-0.2, -0.15) is 12.6 Å². The van der Waals surface area contributed by atoms with Crippen LogP contribution in [0.15, 0.2) is 12.1 Å². The Balaban J connectivity index is 3.14. The Morgan fingerprint density at radius 2 is 1.86 bits per heavy atom. The van der Waals surface area contributed by atoms with Crippen molar-refractivity contribution in [3.8, 4) is 11.8 Å². The van der Waals surface area contributed by atoms with Crippen molar-refractivity contribution in [2.45, 2.75) is 6.61 Å². The molecule has 1 rings (SSSR count). The summed E-state index contributed by atoms with van der Waals surface area (Å²) in [6.45, 7) is -0.655. The normalized spacial score (nSPS) is 9.43. The van der Waals surface area contributed by atoms with E-state index in [9.17, 15) is 8.78 Å². The molecule has 0 aliphatic rings. The minimum atomic E-state index is -0.782. The van der Waals surface area contributed by atoms with Gasteiger partial charge in [-0.05, 0) is 12.1 Å². The van der Waals surface area contributed by atoms with Gasteiger partial charge in [0.1, 0.15) is 11.6 Å². The molecule has 0 aliphatic carbocycles. The van der Waals surface area contributed by atoms with Gasteiger partial charge in [-0.1, -0.05) is 11.8 Å². The smallest absolute Gasteiger partial charge is 0.132 e. The SMILES string of the molecule is OCc1c(F)cc(C#CCS)cc1F. The molecule has 0 heterocycles. The van der Waals surface area contributed by atoms with E-state index in [-0.39, 0.29) is 11.1 Å². The highest BCUT2D eigenvalue weighted by atomic mass is 32.1. The largest absolute Gasteiger partial charge is 0.391 e. The van der Waals surface area contributed by atoms with E-state index in [1.165, 1.54) is 0 Å². The average Bonchev–Trinajstić information content (AvgIpc) is 2.14. The van der Waals surface area contributed by atoms with Crippen LogP contribution in [0.2, 0.25) is 0 Å². The van der Waals surface area contributed by atoms with E-state index in [1.807, 2.05) is 0 Å². The fourth-order valence-corrected chi connectivity index (χ4v) is 1.05. The molecule has 0 saturated carbocycles. The van der Waals surface area contributed by atoms with Crippen LogP contribution in [0.1, 0.15) is 11.1 Å². The molecule has 0 amide bonds. The van der Waals surface area contributed by atoms with Crippen molar-refractivity contribution in [1.29, 1.82) is 0 Å². The van der Waals surface area contributed by atoms with Crippen LogP contribution in [0.3, 0.4) is 0 Å². The zero-order valence-corrected chi connectivity index (χ0v) is 8.11. The lowest BCUT2D eigenvalue weighted by molar-refractivity contribution is 0.269. The monoisotopic (exact) mass is 214 g/mol. The molecule has 1 nitrogen and oxygen atoms in total. The summed E-state index contributed by atoms with van der Waals surface area (Å²) in [5.41, 5.74) is -0.0901. The Morgan fingerprint density at radius 3 is 2.29 bits per heavy atom. The topological polar surface area (TPSA) is 20.2 Å². The van der Waals surface area contributed by atoms with Crippen LogP contribution in [-0.4, -0.2) is 10.9 Å². The predicted octanol–water partition coefficient (Wildman–Crippen LogP) is 1.74. The van der Waals surface area contributed by atoms with Crippen LogP contribution in [0.5, 0.6) is 0 Å². The van der Waals surface area contributed by atoms with Gasteiger partial charge in [-0.25, -0.2) is 8.78 Å². The highest BCUT2D eigenvalue weighted by Crippen LogP contribution is 2.14. The molecule has 1 aromatic carbocycles. The van der Waals surface area contributed by atoms with E-state index >= 15 is 0 Å². The van der Waals surface area contributed by atoms with Crippen molar-refractivity contribution >= 4 is 12.6 Å². The first kappa shape index (κ1) is 11.0. The van der Waals surface area contributed by atoms with Crippen molar-refractivity contribution in [2.24, 2.45) is 0 Å². The molecule has 1 N–H and O–H groups in total. The molecule has 74 valence electrons. The number of aliphatic hydroxyl groups is 1. The Hall–Kier alpha value is -1.05. The van der Waals surface area contributed by atoms with E-state index in [2.05, 4.69) is 24.5 Å². The summed E-state index contributed by atoms with van der Waals surface area (Å²) in [4.78, 5) is 0. The van der Waals surface area contributed by atoms with Gasteiger partial charge in [0, 0.05) is 11.1 Å². The van der Waals surface area contributed by atoms with Crippen LogP contribution in [0.25, 0.3) is 0 Å². The highest BCUT2D eigenvalue weighted by Gasteiger charge is 2.08. The summed E-state index contributed by atoms with van der Waals surface area (Å²) in [6.07, 6.45) is 0. The van der Waals surface area contributed by atoms with E-state index in [0.717, 1.165) is 12.1 Å². The molecule has 0 atom stereocenters. The molecule has 0 saturated heterocycles. The number of thiol groups is 1. The summed E-state index contributed by atoms with van der Waals surface area (Å²) >= 11 is 3.84. The van der Waals surface area contributed by atoms with E-state index in [4.69, 9.17) is 5.11 Å². The average molecular weight is 214 g/mol. The third-order valence-corrected chi connectivity index (χ3v) is 1.77. The molecule has 0 unspecified atom stereocenters. The van der Waals surface area contributed by atoms with Crippen LogP contribution in [-0.2, 0) is 6.61 Å². The summed E-state index contributed by atoms with van der Waals surface area (Å²) in [5, 5.41) is 8.64. The van der Waals surface area contributed by atoms with Gasteiger partial charge < -0.3 is 5.11 Å². The van der Waals surface area contributed by atoms with Gasteiger partial charge in [0.25, 0.3) is 0 Å². The molecule has 0 radical (unpaired) electrons. The summed E-state index contributed by atoms with van der Waals surface area (Å²) in [7, 11) is 0. The Labute approximate surface area is 86.2 Å². The second kappa shape index (κ2) is 4.99. The molecular weight excluding hydrogens is 206 g/mol. The predicted molar refractivity (Wildman–Crippen MR) is 53.0 cm³/mol. The van der Waals surface area contributed by atoms with Gasteiger partial charge in [-0.3, -0.25) is 0 Å². The first-order chi connectivity index (χ1) is 6.69. The Kier molecular flexibility index (Phi) is 3.93. The van der Waals surface area contributed by atoms with Gasteiger partial charge in [-0.15, -0.1) is 0 Å². The number of benzene rings is 1. The maximum absolute atomic E-state index is 13.1. The van der Waals surface area contributed by atoms with Gasteiger partial charge in [0.05, 0.1) is 12.4 Å². The first-order valence-electron chi connectivity index (χ1n) is 3.87. The van der Waals surface area contributed by atoms with Gasteiger partial charge in [0.2, 0.25) is 0 Å². The molecule has 0 fully saturated rings. The van der Waals surface area contributed by atoms with Crippen LogP contribution < -0.4 is 0 Å². The quantitative estimate of drug-likeness (QED) is 0.539. The standard InChI is InChI=1S/C10H8F2OS/c11-9-4-7(2-1-3-14)5-10(12)8(9)6-13/h4-5,13-14H,3,6H2. The minimum absolute atomic E-state index is 0.242. The van der Waals surface area contributed by atoms with Crippen LogP contribution >= 0.6 is 12.6 Å². The second-order valence-corrected chi connectivity index (χ2v) is 2.85. The molecule has 0 bridgehead atoms. The molecule has 1 aromatic rings. The van der Waals surface area contributed by atoms with Crippen LogP contribution in [0.4, 0.5) is 8.78 Å². The lowest BCUT2D eigenvalue weighted by Crippen LogP contribution is -1.96. The fourth-order valence-electron chi connectivity index (χ4n) is 0.968. The lowest BCUT2D eigenvalue weighted by atomic mass is 10.1. The van der Waals surface area contributed by atoms with Crippen molar-refractivity contribution < 1.29 is 13.9 Å². The highest BCUT2D eigenvalue weighted by molar-refractivity contribution is 7.80. The third kappa shape index (κ3) is 2.47. The molecular formula is C10H8F2OS. The fraction of sp³-hybridized carbons (Fsp3) is 0.200. The second-order valence-electron chi connectivity index (χ2n) is 2.54. The maximum atomic E-state index is 13.1. The van der Waals surface area contributed by atoms with Crippen molar-refractivity contribution in [1.82, 2.24) is 0 Å².